The van der Waals surface area contributed by atoms with Gasteiger partial charge in [-0.2, -0.15) is 11.3 Å². The second kappa shape index (κ2) is 12.9. The highest BCUT2D eigenvalue weighted by Gasteiger charge is 2.19. The molecule has 1 saturated heterocycles. The predicted molar refractivity (Wildman–Crippen MR) is 150 cm³/mol. The van der Waals surface area contributed by atoms with Crippen LogP contribution in [0.1, 0.15) is 45.5 Å². The van der Waals surface area contributed by atoms with Crippen LogP contribution in [0.15, 0.2) is 59.3 Å². The van der Waals surface area contributed by atoms with Crippen LogP contribution in [0, 0.1) is 6.92 Å². The van der Waals surface area contributed by atoms with Gasteiger partial charge in [0.15, 0.2) is 0 Å². The molecule has 9 heteroatoms. The van der Waals surface area contributed by atoms with Crippen LogP contribution in [-0.2, 0) is 4.79 Å². The fraction of sp³-hybridized carbons (Fsp3) is 0.321. The first kappa shape index (κ1) is 26.2. The van der Waals surface area contributed by atoms with E-state index in [1.54, 1.807) is 23.6 Å². The number of nitrogens with one attached hydrogen (secondary N) is 4. The van der Waals surface area contributed by atoms with Gasteiger partial charge in [-0.1, -0.05) is 18.2 Å². The highest BCUT2D eigenvalue weighted by atomic mass is 32.1. The summed E-state index contributed by atoms with van der Waals surface area (Å²) in [5.41, 5.74) is 4.57. The van der Waals surface area contributed by atoms with Crippen molar-refractivity contribution in [2.24, 2.45) is 0 Å². The van der Waals surface area contributed by atoms with Crippen LogP contribution >= 0.6 is 11.3 Å². The zero-order chi connectivity index (χ0) is 26.0. The minimum absolute atomic E-state index is 0.189. The number of rotatable bonds is 12. The van der Waals surface area contributed by atoms with Crippen molar-refractivity contribution in [1.82, 2.24) is 10.2 Å². The van der Waals surface area contributed by atoms with Crippen molar-refractivity contribution in [3.05, 3.63) is 76.0 Å². The molecule has 1 aliphatic heterocycles. The van der Waals surface area contributed by atoms with Crippen molar-refractivity contribution in [2.45, 2.75) is 26.2 Å². The first-order valence-electron chi connectivity index (χ1n) is 12.6. The molecule has 194 valence electrons. The maximum atomic E-state index is 12.8. The molecule has 2 aromatic carbocycles. The first-order valence-corrected chi connectivity index (χ1v) is 13.5. The minimum atomic E-state index is -0.227. The number of carbonyl (C=O) groups excluding carboxylic acids is 3. The van der Waals surface area contributed by atoms with Crippen LogP contribution in [0.25, 0.3) is 0 Å². The Labute approximate surface area is 221 Å². The molecule has 4 rings (SSSR count). The van der Waals surface area contributed by atoms with E-state index in [-0.39, 0.29) is 17.7 Å². The van der Waals surface area contributed by atoms with E-state index in [0.29, 0.717) is 55.8 Å². The fourth-order valence-corrected chi connectivity index (χ4v) is 4.85. The molecule has 3 amide bonds. The highest BCUT2D eigenvalue weighted by molar-refractivity contribution is 7.08. The van der Waals surface area contributed by atoms with Gasteiger partial charge in [-0.15, -0.1) is 0 Å². The Morgan fingerprint density at radius 3 is 2.46 bits per heavy atom. The molecule has 1 aliphatic rings. The van der Waals surface area contributed by atoms with Crippen molar-refractivity contribution >= 4 is 46.1 Å². The summed E-state index contributed by atoms with van der Waals surface area (Å²) >= 11 is 1.45. The van der Waals surface area contributed by atoms with Gasteiger partial charge in [0.25, 0.3) is 11.8 Å². The molecule has 0 unspecified atom stereocenters. The molecule has 1 aromatic heterocycles. The lowest BCUT2D eigenvalue weighted by atomic mass is 10.1. The SMILES string of the molecule is Cc1ccccc1NCCNc1ccc(C(=O)NCCCN2CCCC2=O)cc1NC(=O)c1ccsc1. The quantitative estimate of drug-likeness (QED) is 0.263. The third kappa shape index (κ3) is 7.33. The lowest BCUT2D eigenvalue weighted by Gasteiger charge is -2.17. The van der Waals surface area contributed by atoms with E-state index in [1.807, 2.05) is 34.5 Å². The maximum Gasteiger partial charge on any atom is 0.256 e. The smallest absolute Gasteiger partial charge is 0.256 e. The van der Waals surface area contributed by atoms with E-state index in [0.717, 1.165) is 24.3 Å². The molecule has 0 radical (unpaired) electrons. The number of para-hydroxylation sites is 1. The van der Waals surface area contributed by atoms with Gasteiger partial charge in [-0.25, -0.2) is 0 Å². The van der Waals surface area contributed by atoms with Gasteiger partial charge in [0.2, 0.25) is 5.91 Å². The second-order valence-corrected chi connectivity index (χ2v) is 9.77. The minimum Gasteiger partial charge on any atom is -0.383 e. The molecule has 0 aliphatic carbocycles. The highest BCUT2D eigenvalue weighted by Crippen LogP contribution is 2.25. The summed E-state index contributed by atoms with van der Waals surface area (Å²) in [6, 6.07) is 15.1. The third-order valence-corrected chi connectivity index (χ3v) is 6.96. The van der Waals surface area contributed by atoms with Crippen LogP contribution < -0.4 is 21.3 Å². The van der Waals surface area contributed by atoms with E-state index >= 15 is 0 Å². The van der Waals surface area contributed by atoms with Crippen LogP contribution in [0.5, 0.6) is 0 Å². The molecule has 3 aromatic rings. The van der Waals surface area contributed by atoms with E-state index in [2.05, 4.69) is 34.3 Å². The molecule has 37 heavy (non-hydrogen) atoms. The Hall–Kier alpha value is -3.85. The van der Waals surface area contributed by atoms with Crippen molar-refractivity contribution in [2.75, 3.05) is 48.7 Å². The molecular weight excluding hydrogens is 486 g/mol. The first-order chi connectivity index (χ1) is 18.0. The van der Waals surface area contributed by atoms with Gasteiger partial charge in [0, 0.05) is 55.8 Å². The Balaban J connectivity index is 1.36. The third-order valence-electron chi connectivity index (χ3n) is 6.28. The molecule has 4 N–H and O–H groups in total. The van der Waals surface area contributed by atoms with E-state index in [9.17, 15) is 14.4 Å². The average molecular weight is 520 g/mol. The van der Waals surface area contributed by atoms with E-state index < -0.39 is 0 Å². The van der Waals surface area contributed by atoms with Gasteiger partial charge in [0.1, 0.15) is 0 Å². The topological polar surface area (TPSA) is 103 Å². The normalized spacial score (nSPS) is 12.9. The number of hydrogen-bond acceptors (Lipinski definition) is 6. The lowest BCUT2D eigenvalue weighted by molar-refractivity contribution is -0.127. The predicted octanol–water partition coefficient (Wildman–Crippen LogP) is 4.58. The molecule has 0 atom stereocenters. The molecule has 0 bridgehead atoms. The van der Waals surface area contributed by atoms with Crippen LogP contribution in [0.4, 0.5) is 17.1 Å². The second-order valence-electron chi connectivity index (χ2n) is 8.99. The number of benzene rings is 2. The van der Waals surface area contributed by atoms with Crippen molar-refractivity contribution < 1.29 is 14.4 Å². The van der Waals surface area contributed by atoms with Crippen LogP contribution in [0.2, 0.25) is 0 Å². The van der Waals surface area contributed by atoms with Gasteiger partial charge < -0.3 is 26.2 Å². The largest absolute Gasteiger partial charge is 0.383 e. The fourth-order valence-electron chi connectivity index (χ4n) is 4.21. The summed E-state index contributed by atoms with van der Waals surface area (Å²) in [5, 5.41) is 16.3. The van der Waals surface area contributed by atoms with Crippen molar-refractivity contribution in [3.63, 3.8) is 0 Å². The monoisotopic (exact) mass is 519 g/mol. The molecule has 8 nitrogen and oxygen atoms in total. The Bertz CT molecular complexity index is 1230. The summed E-state index contributed by atoms with van der Waals surface area (Å²) in [7, 11) is 0. The summed E-state index contributed by atoms with van der Waals surface area (Å²) in [6.07, 6.45) is 2.23. The Morgan fingerprint density at radius 1 is 0.919 bits per heavy atom. The van der Waals surface area contributed by atoms with Gasteiger partial charge in [0.05, 0.1) is 16.9 Å². The summed E-state index contributed by atoms with van der Waals surface area (Å²) < 4.78 is 0. The summed E-state index contributed by atoms with van der Waals surface area (Å²) in [6.45, 7) is 5.30. The van der Waals surface area contributed by atoms with Crippen molar-refractivity contribution in [1.29, 1.82) is 0 Å². The number of thiophene rings is 1. The van der Waals surface area contributed by atoms with Gasteiger partial charge in [-0.05, 0) is 61.0 Å². The number of hydrogen-bond donors (Lipinski definition) is 4. The van der Waals surface area contributed by atoms with E-state index in [1.165, 1.54) is 16.9 Å². The standard InChI is InChI=1S/C28H33N5O3S/c1-20-6-2-3-7-23(20)29-13-14-30-24-10-9-21(18-25(24)32-28(36)22-11-17-37-19-22)27(35)31-12-5-16-33-15-4-8-26(33)34/h2-3,6-7,9-11,17-19,29-30H,4-5,8,12-16H2,1H3,(H,31,35)(H,32,36). The van der Waals surface area contributed by atoms with Crippen molar-refractivity contribution in [3.8, 4) is 0 Å². The molecular formula is C28H33N5O3S. The average Bonchev–Trinajstić information content (AvgIpc) is 3.58. The molecule has 0 saturated carbocycles. The number of amides is 3. The van der Waals surface area contributed by atoms with E-state index in [4.69, 9.17) is 0 Å². The van der Waals surface area contributed by atoms with Crippen LogP contribution in [0.3, 0.4) is 0 Å². The zero-order valence-electron chi connectivity index (χ0n) is 21.0. The lowest BCUT2D eigenvalue weighted by Crippen LogP contribution is -2.30. The number of anilines is 3. The number of aryl methyl sites for hydroxylation is 1. The molecule has 0 spiro atoms. The van der Waals surface area contributed by atoms with Gasteiger partial charge >= 0.3 is 0 Å². The molecule has 2 heterocycles. The summed E-state index contributed by atoms with van der Waals surface area (Å²) in [4.78, 5) is 39.1. The Kier molecular flexibility index (Phi) is 9.15. The number of likely N-dealkylation sites (tertiary alicyclic amines) is 1. The maximum absolute atomic E-state index is 12.8. The van der Waals surface area contributed by atoms with Crippen LogP contribution in [-0.4, -0.2) is 55.3 Å². The Morgan fingerprint density at radius 2 is 1.73 bits per heavy atom. The number of carbonyl (C=O) groups is 3. The van der Waals surface area contributed by atoms with Gasteiger partial charge in [-0.3, -0.25) is 14.4 Å². The zero-order valence-corrected chi connectivity index (χ0v) is 21.8. The summed E-state index contributed by atoms with van der Waals surface area (Å²) in [5.74, 6) is -0.253. The number of nitrogens with zero attached hydrogens (tertiary/aromatic N) is 1. The molecule has 1 fully saturated rings.